The second kappa shape index (κ2) is 71.0. The van der Waals surface area contributed by atoms with Gasteiger partial charge in [-0.25, -0.2) is 4.57 Å². The van der Waals surface area contributed by atoms with Crippen molar-refractivity contribution in [3.63, 3.8) is 0 Å². The van der Waals surface area contributed by atoms with Crippen LogP contribution in [0, 0.1) is 0 Å². The lowest BCUT2D eigenvalue weighted by Crippen LogP contribution is -2.47. The van der Waals surface area contributed by atoms with Crippen molar-refractivity contribution in [3.8, 4) is 0 Å². The Kier molecular flexibility index (Phi) is 68.8. The van der Waals surface area contributed by atoms with Crippen LogP contribution in [0.3, 0.4) is 0 Å². The molecule has 0 aromatic heterocycles. The Labute approximate surface area is 571 Å². The van der Waals surface area contributed by atoms with Crippen molar-refractivity contribution in [3.05, 3.63) is 85.1 Å². The Morgan fingerprint density at radius 2 is 0.696 bits per heavy atom. The first-order valence-corrected chi connectivity index (χ1v) is 40.9. The molecule has 92 heavy (non-hydrogen) atoms. The number of nitrogens with one attached hydrogen (secondary N) is 1. The number of likely N-dealkylation sites (N-methyl/N-ethyl adjacent to an activating group) is 1. The molecule has 0 saturated heterocycles. The van der Waals surface area contributed by atoms with Gasteiger partial charge in [-0.1, -0.05) is 344 Å². The van der Waals surface area contributed by atoms with Crippen LogP contribution in [-0.4, -0.2) is 74.3 Å². The predicted octanol–water partition coefficient (Wildman–Crippen LogP) is 25.6. The molecule has 9 nitrogen and oxygen atoms in total. The molecule has 0 bridgehead atoms. The molecule has 1 amide bonds. The summed E-state index contributed by atoms with van der Waals surface area (Å²) in [7, 11) is 1.50. The van der Waals surface area contributed by atoms with Gasteiger partial charge in [0.15, 0.2) is 0 Å². The molecule has 0 aromatic rings. The number of hydrogen-bond acceptors (Lipinski definition) is 6. The van der Waals surface area contributed by atoms with E-state index in [4.69, 9.17) is 13.8 Å². The first-order chi connectivity index (χ1) is 44.9. The Morgan fingerprint density at radius 1 is 0.391 bits per heavy atom. The fourth-order valence-electron chi connectivity index (χ4n) is 11.6. The Bertz CT molecular complexity index is 1850. The molecule has 0 saturated carbocycles. The molecule has 0 rings (SSSR count). The summed E-state index contributed by atoms with van der Waals surface area (Å²) in [4.78, 5) is 38.0. The van der Waals surface area contributed by atoms with Crippen LogP contribution < -0.4 is 5.32 Å². The van der Waals surface area contributed by atoms with Gasteiger partial charge in [0.1, 0.15) is 19.3 Å². The molecule has 0 aromatic carbocycles. The molecule has 0 fully saturated rings. The van der Waals surface area contributed by atoms with Crippen LogP contribution in [0.25, 0.3) is 0 Å². The second-order valence-electron chi connectivity index (χ2n) is 27.9. The van der Waals surface area contributed by atoms with Gasteiger partial charge in [0.25, 0.3) is 0 Å². The van der Waals surface area contributed by atoms with Gasteiger partial charge in [-0.2, -0.15) is 0 Å². The van der Waals surface area contributed by atoms with E-state index in [1.54, 1.807) is 0 Å². The normalized spacial score (nSPS) is 13.9. The molecule has 3 unspecified atom stereocenters. The van der Waals surface area contributed by atoms with Crippen LogP contribution in [0.2, 0.25) is 0 Å². The summed E-state index contributed by atoms with van der Waals surface area (Å²) < 4.78 is 30.9. The topological polar surface area (TPSA) is 111 Å². The number of carbonyl (C=O) groups excluding carboxylic acids is 2. The monoisotopic (exact) mass is 1310 g/mol. The maximum absolute atomic E-state index is 13.7. The molecule has 2 N–H and O–H groups in total. The number of allylic oxidation sites excluding steroid dienone is 13. The highest BCUT2D eigenvalue weighted by Gasteiger charge is 2.30. The van der Waals surface area contributed by atoms with E-state index in [-0.39, 0.29) is 31.5 Å². The van der Waals surface area contributed by atoms with Gasteiger partial charge in [0, 0.05) is 12.8 Å². The molecular formula is C82H152N2O7P+. The summed E-state index contributed by atoms with van der Waals surface area (Å²) in [5, 5.41) is 3.08. The summed E-state index contributed by atoms with van der Waals surface area (Å²) in [6, 6.07) is -0.853. The molecule has 536 valence electrons. The van der Waals surface area contributed by atoms with Gasteiger partial charge in [0.2, 0.25) is 5.91 Å². The largest absolute Gasteiger partial charge is 0.472 e. The zero-order valence-electron chi connectivity index (χ0n) is 61.5. The maximum Gasteiger partial charge on any atom is 0.472 e. The summed E-state index contributed by atoms with van der Waals surface area (Å²) in [6.45, 7) is 6.94. The van der Waals surface area contributed by atoms with Crippen molar-refractivity contribution >= 4 is 19.7 Å². The minimum Gasteiger partial charge on any atom is -0.456 e. The summed E-state index contributed by atoms with van der Waals surface area (Å²) in [5.74, 6) is -0.495. The van der Waals surface area contributed by atoms with Crippen molar-refractivity contribution in [1.29, 1.82) is 0 Å². The first kappa shape index (κ1) is 89.2. The minimum absolute atomic E-state index is 0.0390. The van der Waals surface area contributed by atoms with E-state index in [2.05, 4.69) is 99.0 Å². The predicted molar refractivity (Wildman–Crippen MR) is 401 cm³/mol. The van der Waals surface area contributed by atoms with E-state index in [1.165, 1.54) is 250 Å². The number of nitrogens with zero attached hydrogens (tertiary/aromatic N) is 1. The van der Waals surface area contributed by atoms with E-state index in [0.717, 1.165) is 89.9 Å². The number of rotatable bonds is 72. The first-order valence-electron chi connectivity index (χ1n) is 39.4. The van der Waals surface area contributed by atoms with Crippen LogP contribution in [-0.2, 0) is 27.9 Å². The van der Waals surface area contributed by atoms with Gasteiger partial charge in [0.05, 0.1) is 33.8 Å². The molecule has 0 spiro atoms. The molecule has 0 aliphatic rings. The number of phosphoric ester groups is 1. The van der Waals surface area contributed by atoms with Crippen LogP contribution >= 0.6 is 7.82 Å². The zero-order valence-corrected chi connectivity index (χ0v) is 62.4. The van der Waals surface area contributed by atoms with Crippen molar-refractivity contribution in [1.82, 2.24) is 5.32 Å². The number of phosphoric acid groups is 1. The van der Waals surface area contributed by atoms with Gasteiger partial charge in [-0.3, -0.25) is 18.6 Å². The fraction of sp³-hybridized carbons (Fsp3) is 0.805. The highest BCUT2D eigenvalue weighted by atomic mass is 31.2. The second-order valence-corrected chi connectivity index (χ2v) is 29.3. The quantitative estimate of drug-likeness (QED) is 0.0205. The zero-order chi connectivity index (χ0) is 67.0. The molecule has 10 heteroatoms. The van der Waals surface area contributed by atoms with E-state index < -0.39 is 20.0 Å². The van der Waals surface area contributed by atoms with Gasteiger partial charge >= 0.3 is 13.8 Å². The fourth-order valence-corrected chi connectivity index (χ4v) is 12.3. The maximum atomic E-state index is 13.7. The molecule has 0 aliphatic carbocycles. The SMILES string of the molecule is CC/C=C\C/C=C\C/C=C\C/C=C\C/C=C\CCCCCCCCCCCCCC(=O)OC(/C=C/CCCCCCCCCCCC)C(COP(=O)(O)OCC[N+](C)(C)C)NC(=O)CCCCCCCCCCCCCCCCCCC/C=C/CCCCCCCC. The lowest BCUT2D eigenvalue weighted by Gasteiger charge is -2.27. The van der Waals surface area contributed by atoms with E-state index in [0.29, 0.717) is 17.4 Å². The average molecular weight is 1310 g/mol. The Hall–Kier alpha value is -2.81. The molecule has 0 heterocycles. The number of carbonyl (C=O) groups is 2. The number of hydrogen-bond donors (Lipinski definition) is 2. The molecule has 0 radical (unpaired) electrons. The van der Waals surface area contributed by atoms with Gasteiger partial charge < -0.3 is 19.4 Å². The number of esters is 1. The lowest BCUT2D eigenvalue weighted by molar-refractivity contribution is -0.870. The van der Waals surface area contributed by atoms with E-state index in [1.807, 2.05) is 33.3 Å². The molecular weight excluding hydrogens is 1160 g/mol. The van der Waals surface area contributed by atoms with E-state index in [9.17, 15) is 19.0 Å². The van der Waals surface area contributed by atoms with Crippen molar-refractivity contribution in [2.24, 2.45) is 0 Å². The molecule has 3 atom stereocenters. The smallest absolute Gasteiger partial charge is 0.456 e. The lowest BCUT2D eigenvalue weighted by atomic mass is 10.0. The van der Waals surface area contributed by atoms with Crippen LogP contribution in [0.1, 0.15) is 374 Å². The van der Waals surface area contributed by atoms with Crippen molar-refractivity contribution in [2.75, 3.05) is 40.9 Å². The van der Waals surface area contributed by atoms with Crippen LogP contribution in [0.4, 0.5) is 0 Å². The highest BCUT2D eigenvalue weighted by molar-refractivity contribution is 7.47. The summed E-state index contributed by atoms with van der Waals surface area (Å²) >= 11 is 0. The third-order valence-electron chi connectivity index (χ3n) is 17.6. The molecule has 0 aliphatic heterocycles. The Balaban J connectivity index is 4.93. The van der Waals surface area contributed by atoms with Gasteiger partial charge in [-0.05, 0) is 102 Å². The van der Waals surface area contributed by atoms with Crippen molar-refractivity contribution in [2.45, 2.75) is 386 Å². The number of quaternary nitrogens is 1. The third kappa shape index (κ3) is 71.5. The van der Waals surface area contributed by atoms with Crippen LogP contribution in [0.15, 0.2) is 85.1 Å². The van der Waals surface area contributed by atoms with E-state index >= 15 is 0 Å². The number of unbranched alkanes of at least 4 members (excludes halogenated alkanes) is 44. The summed E-state index contributed by atoms with van der Waals surface area (Å²) in [6.07, 6.45) is 96.2. The number of amides is 1. The highest BCUT2D eigenvalue weighted by Crippen LogP contribution is 2.43. The van der Waals surface area contributed by atoms with Gasteiger partial charge in [-0.15, -0.1) is 0 Å². The van der Waals surface area contributed by atoms with Crippen molar-refractivity contribution < 1.29 is 37.3 Å². The minimum atomic E-state index is -4.46. The summed E-state index contributed by atoms with van der Waals surface area (Å²) in [5.41, 5.74) is 0. The third-order valence-corrected chi connectivity index (χ3v) is 18.6. The average Bonchev–Trinajstić information content (AvgIpc) is 3.72. The number of ether oxygens (including phenoxy) is 1. The standard InChI is InChI=1S/C82H151N2O7P/c1-7-10-13-16-19-22-25-28-30-32-34-36-38-40-42-44-46-48-50-52-54-56-59-62-65-68-71-74-81(85)83-79(78-90-92(87,88)89-77-76-84(4,5)6)80(73-70-67-64-61-58-27-24-21-18-15-12-9-3)91-82(86)75-72-69-66-63-60-57-55-53-51-49-47-45-43-41-39-37-35-33-31-29-26-23-20-17-14-11-8-2/h11,14,20,23,28-31,35,37,41,43,70,73,79-80H,7-10,12-13,15-19,21-22,24-27,32-34,36,38-40,42,44-69,71-72,74-78H2,1-6H3,(H-,83,85,87,88)/p+1/b14-11-,23-20-,30-28+,31-29-,37-35-,43-41-,73-70+. The Morgan fingerprint density at radius 3 is 1.05 bits per heavy atom. The van der Waals surface area contributed by atoms with Crippen LogP contribution in [0.5, 0.6) is 0 Å².